The van der Waals surface area contributed by atoms with Gasteiger partial charge in [-0.3, -0.25) is 9.59 Å². The molecule has 0 aromatic heterocycles. The van der Waals surface area contributed by atoms with E-state index in [0.29, 0.717) is 12.8 Å². The van der Waals surface area contributed by atoms with Crippen LogP contribution < -0.4 is 0 Å². The largest absolute Gasteiger partial charge is 0.481 e. The van der Waals surface area contributed by atoms with E-state index >= 15 is 0 Å². The Kier molecular flexibility index (Phi) is 3.16. The quantitative estimate of drug-likeness (QED) is 0.820. The Morgan fingerprint density at radius 3 is 2.17 bits per heavy atom. The van der Waals surface area contributed by atoms with E-state index < -0.39 is 16.8 Å². The van der Waals surface area contributed by atoms with Crippen molar-refractivity contribution in [3.05, 3.63) is 0 Å². The number of rotatable bonds is 2. The summed E-state index contributed by atoms with van der Waals surface area (Å²) in [5.41, 5.74) is -1.26. The molecule has 1 amide bonds. The molecule has 1 heterocycles. The van der Waals surface area contributed by atoms with Gasteiger partial charge in [0.2, 0.25) is 5.91 Å². The van der Waals surface area contributed by atoms with Crippen LogP contribution in [0.15, 0.2) is 0 Å². The molecule has 2 rings (SSSR count). The van der Waals surface area contributed by atoms with Crippen molar-refractivity contribution in [2.45, 2.75) is 46.5 Å². The van der Waals surface area contributed by atoms with Gasteiger partial charge in [0.05, 0.1) is 5.41 Å². The van der Waals surface area contributed by atoms with Gasteiger partial charge in [0.1, 0.15) is 0 Å². The molecule has 0 spiro atoms. The van der Waals surface area contributed by atoms with Crippen LogP contribution in [0.4, 0.5) is 0 Å². The van der Waals surface area contributed by atoms with Gasteiger partial charge in [0.15, 0.2) is 0 Å². The molecular formula is C14H23NO3. The van der Waals surface area contributed by atoms with Crippen molar-refractivity contribution in [3.63, 3.8) is 0 Å². The maximum absolute atomic E-state index is 12.5. The molecule has 1 saturated heterocycles. The van der Waals surface area contributed by atoms with E-state index in [1.54, 1.807) is 6.92 Å². The monoisotopic (exact) mass is 253 g/mol. The zero-order valence-electron chi connectivity index (χ0n) is 11.5. The van der Waals surface area contributed by atoms with Crippen molar-refractivity contribution in [2.75, 3.05) is 13.1 Å². The fraction of sp³-hybridized carbons (Fsp3) is 0.857. The highest BCUT2D eigenvalue weighted by Crippen LogP contribution is 2.56. The number of carboxylic acid groups (broad SMARTS) is 1. The van der Waals surface area contributed by atoms with Crippen LogP contribution in [0.1, 0.15) is 46.5 Å². The Bertz CT molecular complexity index is 371. The molecule has 1 aliphatic heterocycles. The maximum atomic E-state index is 12.5. The summed E-state index contributed by atoms with van der Waals surface area (Å²) >= 11 is 0. The zero-order chi connectivity index (χ0) is 13.6. The fourth-order valence-electron chi connectivity index (χ4n) is 3.47. The third-order valence-corrected chi connectivity index (χ3v) is 5.41. The predicted octanol–water partition coefficient (Wildman–Crippen LogP) is 2.14. The molecule has 0 aromatic carbocycles. The number of nitrogens with zero attached hydrogens (tertiary/aromatic N) is 1. The van der Waals surface area contributed by atoms with Gasteiger partial charge in [-0.15, -0.1) is 0 Å². The van der Waals surface area contributed by atoms with Crippen LogP contribution in [0.3, 0.4) is 0 Å². The van der Waals surface area contributed by atoms with E-state index in [-0.39, 0.29) is 11.8 Å². The second-order valence-corrected chi connectivity index (χ2v) is 6.48. The number of carbonyl (C=O) groups excluding carboxylic acids is 1. The Hall–Kier alpha value is -1.06. The van der Waals surface area contributed by atoms with Crippen molar-refractivity contribution in [2.24, 2.45) is 16.7 Å². The van der Waals surface area contributed by atoms with Crippen LogP contribution in [-0.4, -0.2) is 35.0 Å². The van der Waals surface area contributed by atoms with Gasteiger partial charge in [-0.1, -0.05) is 13.8 Å². The average Bonchev–Trinajstić information content (AvgIpc) is 2.87. The van der Waals surface area contributed by atoms with E-state index in [0.717, 1.165) is 25.9 Å². The maximum Gasteiger partial charge on any atom is 0.309 e. The van der Waals surface area contributed by atoms with Gasteiger partial charge in [-0.05, 0) is 38.0 Å². The fourth-order valence-corrected chi connectivity index (χ4v) is 3.47. The summed E-state index contributed by atoms with van der Waals surface area (Å²) in [5, 5.41) is 9.45. The molecule has 2 unspecified atom stereocenters. The molecule has 102 valence electrons. The number of hydrogen-bond acceptors (Lipinski definition) is 2. The lowest BCUT2D eigenvalue weighted by atomic mass is 9.65. The summed E-state index contributed by atoms with van der Waals surface area (Å²) < 4.78 is 0. The highest BCUT2D eigenvalue weighted by atomic mass is 16.4. The second kappa shape index (κ2) is 4.25. The zero-order valence-corrected chi connectivity index (χ0v) is 11.5. The van der Waals surface area contributed by atoms with Crippen LogP contribution in [0.25, 0.3) is 0 Å². The van der Waals surface area contributed by atoms with Crippen LogP contribution >= 0.6 is 0 Å². The third-order valence-electron chi connectivity index (χ3n) is 5.41. The van der Waals surface area contributed by atoms with Gasteiger partial charge in [-0.25, -0.2) is 0 Å². The summed E-state index contributed by atoms with van der Waals surface area (Å²) in [6, 6.07) is 0. The lowest BCUT2D eigenvalue weighted by Crippen LogP contribution is -2.46. The molecule has 0 aromatic rings. The van der Waals surface area contributed by atoms with Crippen LogP contribution in [0.5, 0.6) is 0 Å². The van der Waals surface area contributed by atoms with Crippen LogP contribution in [-0.2, 0) is 9.59 Å². The molecule has 4 nitrogen and oxygen atoms in total. The first-order valence-electron chi connectivity index (χ1n) is 6.83. The molecule has 1 saturated carbocycles. The third kappa shape index (κ3) is 1.73. The van der Waals surface area contributed by atoms with Gasteiger partial charge in [0.25, 0.3) is 0 Å². The SMILES string of the molecule is CC1(C(=O)O)CCC(C(=O)N2CCCC2)C1(C)C. The summed E-state index contributed by atoms with van der Waals surface area (Å²) in [4.78, 5) is 25.9. The van der Waals surface area contributed by atoms with Crippen molar-refractivity contribution in [3.8, 4) is 0 Å². The Morgan fingerprint density at radius 2 is 1.72 bits per heavy atom. The smallest absolute Gasteiger partial charge is 0.309 e. The second-order valence-electron chi connectivity index (χ2n) is 6.48. The highest BCUT2D eigenvalue weighted by molar-refractivity contribution is 5.84. The average molecular weight is 253 g/mol. The minimum Gasteiger partial charge on any atom is -0.481 e. The highest BCUT2D eigenvalue weighted by Gasteiger charge is 2.58. The molecule has 2 aliphatic rings. The topological polar surface area (TPSA) is 57.6 Å². The van der Waals surface area contributed by atoms with Crippen LogP contribution in [0, 0.1) is 16.7 Å². The number of amides is 1. The van der Waals surface area contributed by atoms with E-state index in [9.17, 15) is 14.7 Å². The summed E-state index contributed by atoms with van der Waals surface area (Å²) in [7, 11) is 0. The van der Waals surface area contributed by atoms with Crippen LogP contribution in [0.2, 0.25) is 0 Å². The number of aliphatic carboxylic acids is 1. The number of likely N-dealkylation sites (tertiary alicyclic amines) is 1. The Balaban J connectivity index is 2.21. The number of carbonyl (C=O) groups is 2. The van der Waals surface area contributed by atoms with E-state index in [2.05, 4.69) is 0 Å². The first-order chi connectivity index (χ1) is 8.30. The lowest BCUT2D eigenvalue weighted by molar-refractivity contribution is -0.156. The molecule has 2 atom stereocenters. The Morgan fingerprint density at radius 1 is 1.17 bits per heavy atom. The van der Waals surface area contributed by atoms with Crippen molar-refractivity contribution >= 4 is 11.9 Å². The van der Waals surface area contributed by atoms with Crippen molar-refractivity contribution in [1.82, 2.24) is 4.90 Å². The lowest BCUT2D eigenvalue weighted by Gasteiger charge is -2.38. The molecule has 1 N–H and O–H groups in total. The Labute approximate surface area is 108 Å². The minimum absolute atomic E-state index is 0.142. The molecule has 0 radical (unpaired) electrons. The molecule has 18 heavy (non-hydrogen) atoms. The molecule has 2 fully saturated rings. The molecule has 1 aliphatic carbocycles. The minimum atomic E-state index is -0.785. The molecule has 0 bridgehead atoms. The normalized spacial score (nSPS) is 34.8. The van der Waals surface area contributed by atoms with E-state index in [1.165, 1.54) is 0 Å². The van der Waals surface area contributed by atoms with Gasteiger partial charge >= 0.3 is 5.97 Å². The van der Waals surface area contributed by atoms with E-state index in [1.807, 2.05) is 18.7 Å². The van der Waals surface area contributed by atoms with Gasteiger partial charge in [0, 0.05) is 19.0 Å². The van der Waals surface area contributed by atoms with E-state index in [4.69, 9.17) is 0 Å². The first-order valence-corrected chi connectivity index (χ1v) is 6.83. The van der Waals surface area contributed by atoms with Crippen molar-refractivity contribution in [1.29, 1.82) is 0 Å². The summed E-state index contributed by atoms with van der Waals surface area (Å²) in [6.45, 7) is 7.34. The summed E-state index contributed by atoms with van der Waals surface area (Å²) in [5.74, 6) is -0.747. The van der Waals surface area contributed by atoms with Crippen molar-refractivity contribution < 1.29 is 14.7 Å². The molecule has 4 heteroatoms. The van der Waals surface area contributed by atoms with Gasteiger partial charge < -0.3 is 10.0 Å². The number of carboxylic acids is 1. The molecular weight excluding hydrogens is 230 g/mol. The first kappa shape index (κ1) is 13.4. The van der Waals surface area contributed by atoms with Gasteiger partial charge in [-0.2, -0.15) is 0 Å². The predicted molar refractivity (Wildman–Crippen MR) is 68.1 cm³/mol. The number of hydrogen-bond donors (Lipinski definition) is 1. The summed E-state index contributed by atoms with van der Waals surface area (Å²) in [6.07, 6.45) is 3.45. The standard InChI is InChI=1S/C14H23NO3/c1-13(2)10(6-7-14(13,3)12(17)18)11(16)15-8-4-5-9-15/h10H,4-9H2,1-3H3,(H,17,18).